The Kier molecular flexibility index (Phi) is 9.06. The number of fused-ring (bicyclic) bond motifs is 1. The molecule has 4 heteroatoms. The highest BCUT2D eigenvalue weighted by molar-refractivity contribution is 5.84. The molecule has 1 saturated heterocycles. The first-order chi connectivity index (χ1) is 16.6. The molecule has 2 nitrogen and oxygen atoms in total. The van der Waals surface area contributed by atoms with Gasteiger partial charge in [-0.1, -0.05) is 75.1 Å². The Morgan fingerprint density at radius 1 is 0.765 bits per heavy atom. The Balaban J connectivity index is 1.27. The Bertz CT molecular complexity index is 1040. The standard InChI is InChI=1S/C30H36F2O2/c1-2-3-4-5-6-24-20-33-29(34-21-24)18-11-23-10-17-28-26(19-23)14-13-25(30(28)32)12-7-22-8-15-27(31)16-9-22/h8-10,13-17,19,24,29H,2-7,11-12,18,20-21H2,1H3. The molecule has 182 valence electrons. The SMILES string of the molecule is CCCCCCC1COC(CCc2ccc3c(F)c(CCc4ccc(F)cc4)ccc3c2)OC1. The van der Waals surface area contributed by atoms with E-state index >= 15 is 4.39 Å². The molecular weight excluding hydrogens is 430 g/mol. The molecule has 0 radical (unpaired) electrons. The highest BCUT2D eigenvalue weighted by atomic mass is 19.1. The number of rotatable bonds is 11. The molecule has 0 bridgehead atoms. The van der Waals surface area contributed by atoms with Crippen molar-refractivity contribution >= 4 is 10.8 Å². The summed E-state index contributed by atoms with van der Waals surface area (Å²) in [6, 6.07) is 16.3. The van der Waals surface area contributed by atoms with Crippen LogP contribution in [0.15, 0.2) is 54.6 Å². The largest absolute Gasteiger partial charge is 0.352 e. The second kappa shape index (κ2) is 12.4. The van der Waals surface area contributed by atoms with E-state index in [1.807, 2.05) is 24.3 Å². The summed E-state index contributed by atoms with van der Waals surface area (Å²) in [5.41, 5.74) is 2.86. The minimum Gasteiger partial charge on any atom is -0.352 e. The van der Waals surface area contributed by atoms with Gasteiger partial charge in [-0.05, 0) is 59.9 Å². The molecule has 0 spiro atoms. The lowest BCUT2D eigenvalue weighted by atomic mass is 9.98. The van der Waals surface area contributed by atoms with E-state index in [4.69, 9.17) is 9.47 Å². The predicted molar refractivity (Wildman–Crippen MR) is 134 cm³/mol. The maximum atomic E-state index is 15.1. The molecule has 1 aliphatic rings. The van der Waals surface area contributed by atoms with Crippen molar-refractivity contribution in [2.45, 2.75) is 71.0 Å². The molecule has 3 aromatic rings. The molecule has 34 heavy (non-hydrogen) atoms. The Morgan fingerprint density at radius 3 is 2.29 bits per heavy atom. The first-order valence-corrected chi connectivity index (χ1v) is 12.8. The monoisotopic (exact) mass is 466 g/mol. The smallest absolute Gasteiger partial charge is 0.157 e. The average molecular weight is 467 g/mol. The van der Waals surface area contributed by atoms with Crippen LogP contribution in [0.2, 0.25) is 0 Å². The van der Waals surface area contributed by atoms with Gasteiger partial charge in [0.25, 0.3) is 0 Å². The first-order valence-electron chi connectivity index (χ1n) is 12.8. The van der Waals surface area contributed by atoms with Gasteiger partial charge in [-0.25, -0.2) is 8.78 Å². The molecular formula is C30H36F2O2. The Morgan fingerprint density at radius 2 is 1.53 bits per heavy atom. The summed E-state index contributed by atoms with van der Waals surface area (Å²) < 4.78 is 40.1. The van der Waals surface area contributed by atoms with E-state index in [-0.39, 0.29) is 17.9 Å². The van der Waals surface area contributed by atoms with Crippen LogP contribution in [0, 0.1) is 17.6 Å². The first kappa shape index (κ1) is 24.8. The molecule has 0 unspecified atom stereocenters. The van der Waals surface area contributed by atoms with Gasteiger partial charge < -0.3 is 9.47 Å². The molecule has 4 rings (SSSR count). The molecule has 1 aliphatic heterocycles. The van der Waals surface area contributed by atoms with Crippen LogP contribution in [0.5, 0.6) is 0 Å². The van der Waals surface area contributed by atoms with Gasteiger partial charge in [-0.15, -0.1) is 0 Å². The van der Waals surface area contributed by atoms with Crippen LogP contribution in [0.4, 0.5) is 8.78 Å². The summed E-state index contributed by atoms with van der Waals surface area (Å²) in [6.45, 7) is 3.82. The Hall–Kier alpha value is -2.30. The van der Waals surface area contributed by atoms with Crippen molar-refractivity contribution in [3.63, 3.8) is 0 Å². The number of aryl methyl sites for hydroxylation is 3. The molecule has 0 atom stereocenters. The molecule has 0 aromatic heterocycles. The number of halogens is 2. The molecule has 0 saturated carbocycles. The summed E-state index contributed by atoms with van der Waals surface area (Å²) >= 11 is 0. The average Bonchev–Trinajstić information content (AvgIpc) is 2.87. The van der Waals surface area contributed by atoms with Crippen molar-refractivity contribution in [1.29, 1.82) is 0 Å². The second-order valence-electron chi connectivity index (χ2n) is 9.57. The zero-order chi connectivity index (χ0) is 23.8. The summed E-state index contributed by atoms with van der Waals surface area (Å²) in [6.07, 6.45) is 9.10. The van der Waals surface area contributed by atoms with E-state index in [0.29, 0.717) is 29.7 Å². The fraction of sp³-hybridized carbons (Fsp3) is 0.467. The zero-order valence-electron chi connectivity index (χ0n) is 20.2. The van der Waals surface area contributed by atoms with Gasteiger partial charge in [-0.2, -0.15) is 0 Å². The Labute approximate surface area is 202 Å². The van der Waals surface area contributed by atoms with E-state index in [1.54, 1.807) is 12.1 Å². The van der Waals surface area contributed by atoms with Gasteiger partial charge in [-0.3, -0.25) is 0 Å². The van der Waals surface area contributed by atoms with Crippen LogP contribution in [0.25, 0.3) is 10.8 Å². The van der Waals surface area contributed by atoms with E-state index in [1.165, 1.54) is 49.8 Å². The van der Waals surface area contributed by atoms with Crippen molar-refractivity contribution in [3.05, 3.63) is 82.9 Å². The van der Waals surface area contributed by atoms with E-state index in [2.05, 4.69) is 13.0 Å². The van der Waals surface area contributed by atoms with Gasteiger partial charge in [0.2, 0.25) is 0 Å². The normalized spacial score (nSPS) is 18.4. The van der Waals surface area contributed by atoms with Crippen LogP contribution in [0.1, 0.15) is 62.1 Å². The van der Waals surface area contributed by atoms with Crippen molar-refractivity contribution in [1.82, 2.24) is 0 Å². The number of hydrogen-bond donors (Lipinski definition) is 0. The van der Waals surface area contributed by atoms with Crippen molar-refractivity contribution < 1.29 is 18.3 Å². The molecule has 1 fully saturated rings. The van der Waals surface area contributed by atoms with E-state index in [9.17, 15) is 4.39 Å². The molecule has 0 N–H and O–H groups in total. The topological polar surface area (TPSA) is 18.5 Å². The van der Waals surface area contributed by atoms with Crippen LogP contribution in [0.3, 0.4) is 0 Å². The fourth-order valence-electron chi connectivity index (χ4n) is 4.73. The highest BCUT2D eigenvalue weighted by Crippen LogP contribution is 2.25. The van der Waals surface area contributed by atoms with Gasteiger partial charge in [0.05, 0.1) is 13.2 Å². The summed E-state index contributed by atoms with van der Waals surface area (Å²) in [5, 5.41) is 1.56. The van der Waals surface area contributed by atoms with Crippen LogP contribution >= 0.6 is 0 Å². The highest BCUT2D eigenvalue weighted by Gasteiger charge is 2.21. The third kappa shape index (κ3) is 6.86. The lowest BCUT2D eigenvalue weighted by Gasteiger charge is -2.29. The number of benzene rings is 3. The zero-order valence-corrected chi connectivity index (χ0v) is 20.2. The van der Waals surface area contributed by atoms with Gasteiger partial charge in [0, 0.05) is 17.7 Å². The number of hydrogen-bond acceptors (Lipinski definition) is 2. The van der Waals surface area contributed by atoms with Gasteiger partial charge in [0.15, 0.2) is 6.29 Å². The van der Waals surface area contributed by atoms with Crippen molar-refractivity contribution in [3.8, 4) is 0 Å². The van der Waals surface area contributed by atoms with E-state index < -0.39 is 0 Å². The van der Waals surface area contributed by atoms with Crippen LogP contribution < -0.4 is 0 Å². The third-order valence-electron chi connectivity index (χ3n) is 6.87. The molecule has 1 heterocycles. The summed E-state index contributed by atoms with van der Waals surface area (Å²) in [4.78, 5) is 0. The number of unbranched alkanes of at least 4 members (excludes halogenated alkanes) is 3. The summed E-state index contributed by atoms with van der Waals surface area (Å²) in [5.74, 6) is 0.115. The predicted octanol–water partition coefficient (Wildman–Crippen LogP) is 7.80. The maximum absolute atomic E-state index is 15.1. The molecule has 3 aromatic carbocycles. The third-order valence-corrected chi connectivity index (χ3v) is 6.87. The minimum absolute atomic E-state index is 0.145. The van der Waals surface area contributed by atoms with Gasteiger partial charge >= 0.3 is 0 Å². The van der Waals surface area contributed by atoms with Crippen molar-refractivity contribution in [2.75, 3.05) is 13.2 Å². The van der Waals surface area contributed by atoms with Crippen molar-refractivity contribution in [2.24, 2.45) is 5.92 Å². The number of ether oxygens (including phenoxy) is 2. The second-order valence-corrected chi connectivity index (χ2v) is 9.57. The van der Waals surface area contributed by atoms with Gasteiger partial charge in [0.1, 0.15) is 11.6 Å². The lowest BCUT2D eigenvalue weighted by molar-refractivity contribution is -0.203. The van der Waals surface area contributed by atoms with Crippen LogP contribution in [-0.2, 0) is 28.7 Å². The fourth-order valence-corrected chi connectivity index (χ4v) is 4.73. The molecule has 0 aliphatic carbocycles. The maximum Gasteiger partial charge on any atom is 0.157 e. The summed E-state index contributed by atoms with van der Waals surface area (Å²) in [7, 11) is 0. The van der Waals surface area contributed by atoms with Crippen LogP contribution in [-0.4, -0.2) is 19.5 Å². The molecule has 0 amide bonds. The lowest BCUT2D eigenvalue weighted by Crippen LogP contribution is -2.32. The van der Waals surface area contributed by atoms with E-state index in [0.717, 1.165) is 37.0 Å². The minimum atomic E-state index is -0.250. The quantitative estimate of drug-likeness (QED) is 0.268.